The van der Waals surface area contributed by atoms with Crippen molar-refractivity contribution >= 4 is 28.9 Å². The van der Waals surface area contributed by atoms with Crippen molar-refractivity contribution in [2.24, 2.45) is 0 Å². The Kier molecular flexibility index (Phi) is 5.48. The predicted octanol–water partition coefficient (Wildman–Crippen LogP) is 4.05. The molecule has 0 atom stereocenters. The Morgan fingerprint density at radius 2 is 1.76 bits per heavy atom. The van der Waals surface area contributed by atoms with Crippen molar-refractivity contribution in [2.75, 3.05) is 12.4 Å². The van der Waals surface area contributed by atoms with Crippen LogP contribution in [-0.4, -0.2) is 23.5 Å². The Balaban J connectivity index is 2.20. The first-order chi connectivity index (χ1) is 11.7. The van der Waals surface area contributed by atoms with Gasteiger partial charge in [0.15, 0.2) is 5.60 Å². The van der Waals surface area contributed by atoms with Gasteiger partial charge in [0.1, 0.15) is 17.2 Å². The highest BCUT2D eigenvalue weighted by Crippen LogP contribution is 2.30. The van der Waals surface area contributed by atoms with Gasteiger partial charge >= 0.3 is 0 Å². The van der Waals surface area contributed by atoms with Gasteiger partial charge in [-0.3, -0.25) is 14.9 Å². The molecule has 0 saturated heterocycles. The van der Waals surface area contributed by atoms with E-state index in [1.54, 1.807) is 38.1 Å². The van der Waals surface area contributed by atoms with Gasteiger partial charge in [0.25, 0.3) is 11.6 Å². The average Bonchev–Trinajstić information content (AvgIpc) is 2.56. The summed E-state index contributed by atoms with van der Waals surface area (Å²) in [6.07, 6.45) is 0. The fourth-order valence-corrected chi connectivity index (χ4v) is 2.14. The lowest BCUT2D eigenvalue weighted by Crippen LogP contribution is -2.42. The number of carbonyl (C=O) groups excluding carboxylic acids is 1. The summed E-state index contributed by atoms with van der Waals surface area (Å²) in [6.45, 7) is 3.12. The molecule has 132 valence electrons. The fourth-order valence-electron chi connectivity index (χ4n) is 2.01. The SMILES string of the molecule is COc1ccc(NC(=O)C(C)(C)Oc2ccc(Cl)cc2)c([N+](=O)[O-])c1. The Labute approximate surface area is 149 Å². The summed E-state index contributed by atoms with van der Waals surface area (Å²) in [4.78, 5) is 23.1. The Bertz CT molecular complexity index is 790. The molecular weight excluding hydrogens is 348 g/mol. The van der Waals surface area contributed by atoms with E-state index in [4.69, 9.17) is 21.1 Å². The molecule has 0 bridgehead atoms. The number of rotatable bonds is 6. The average molecular weight is 365 g/mol. The lowest BCUT2D eigenvalue weighted by molar-refractivity contribution is -0.384. The van der Waals surface area contributed by atoms with Gasteiger partial charge in [0.2, 0.25) is 0 Å². The minimum Gasteiger partial charge on any atom is -0.496 e. The molecule has 7 nitrogen and oxygen atoms in total. The quantitative estimate of drug-likeness (QED) is 0.616. The smallest absolute Gasteiger partial charge is 0.296 e. The number of halogens is 1. The van der Waals surface area contributed by atoms with Crippen LogP contribution in [0.1, 0.15) is 13.8 Å². The number of benzene rings is 2. The number of nitrogens with zero attached hydrogens (tertiary/aromatic N) is 1. The zero-order chi connectivity index (χ0) is 18.6. The number of nitrogens with one attached hydrogen (secondary N) is 1. The molecule has 2 aromatic rings. The third-order valence-electron chi connectivity index (χ3n) is 3.38. The van der Waals surface area contributed by atoms with Crippen molar-refractivity contribution in [3.63, 3.8) is 0 Å². The summed E-state index contributed by atoms with van der Waals surface area (Å²) in [5, 5.41) is 14.3. The molecule has 25 heavy (non-hydrogen) atoms. The largest absolute Gasteiger partial charge is 0.496 e. The van der Waals surface area contributed by atoms with E-state index < -0.39 is 16.4 Å². The highest BCUT2D eigenvalue weighted by molar-refractivity contribution is 6.30. The van der Waals surface area contributed by atoms with E-state index in [1.165, 1.54) is 25.3 Å². The minimum atomic E-state index is -1.26. The second-order valence-corrected chi connectivity index (χ2v) is 6.10. The first-order valence-electron chi connectivity index (χ1n) is 7.31. The van der Waals surface area contributed by atoms with E-state index in [-0.39, 0.29) is 11.4 Å². The summed E-state index contributed by atoms with van der Waals surface area (Å²) in [6, 6.07) is 10.7. The molecule has 0 aliphatic heterocycles. The van der Waals surface area contributed by atoms with Gasteiger partial charge in [-0.05, 0) is 50.2 Å². The van der Waals surface area contributed by atoms with Crippen LogP contribution in [0.15, 0.2) is 42.5 Å². The lowest BCUT2D eigenvalue weighted by Gasteiger charge is -2.25. The number of anilines is 1. The molecule has 0 radical (unpaired) electrons. The van der Waals surface area contributed by atoms with Crippen molar-refractivity contribution < 1.29 is 19.2 Å². The van der Waals surface area contributed by atoms with Gasteiger partial charge in [-0.15, -0.1) is 0 Å². The van der Waals surface area contributed by atoms with Crippen LogP contribution in [0.4, 0.5) is 11.4 Å². The summed E-state index contributed by atoms with van der Waals surface area (Å²) in [5.74, 6) is 0.242. The van der Waals surface area contributed by atoms with Crippen molar-refractivity contribution in [3.05, 3.63) is 57.6 Å². The summed E-state index contributed by atoms with van der Waals surface area (Å²) in [5.41, 5.74) is -1.47. The number of carbonyl (C=O) groups is 1. The van der Waals surface area contributed by atoms with Gasteiger partial charge in [0.05, 0.1) is 18.1 Å². The van der Waals surface area contributed by atoms with Crippen LogP contribution in [0.25, 0.3) is 0 Å². The number of nitro benzene ring substituents is 1. The van der Waals surface area contributed by atoms with E-state index in [0.29, 0.717) is 16.5 Å². The number of methoxy groups -OCH3 is 1. The maximum absolute atomic E-state index is 12.5. The van der Waals surface area contributed by atoms with Crippen LogP contribution in [0.5, 0.6) is 11.5 Å². The standard InChI is InChI=1S/C17H17ClN2O5/c1-17(2,25-12-6-4-11(18)5-7-12)16(21)19-14-9-8-13(24-3)10-15(14)20(22)23/h4-10H,1-3H3,(H,19,21). The third-order valence-corrected chi connectivity index (χ3v) is 3.64. The number of ether oxygens (including phenoxy) is 2. The third kappa shape index (κ3) is 4.60. The number of nitro groups is 1. The topological polar surface area (TPSA) is 90.7 Å². The van der Waals surface area contributed by atoms with Crippen LogP contribution >= 0.6 is 11.6 Å². The first-order valence-corrected chi connectivity index (χ1v) is 7.69. The van der Waals surface area contributed by atoms with Crippen molar-refractivity contribution in [3.8, 4) is 11.5 Å². The zero-order valence-electron chi connectivity index (χ0n) is 13.9. The molecule has 8 heteroatoms. The maximum atomic E-state index is 12.5. The van der Waals surface area contributed by atoms with Crippen LogP contribution in [0.3, 0.4) is 0 Å². The second kappa shape index (κ2) is 7.40. The van der Waals surface area contributed by atoms with Crippen LogP contribution in [0, 0.1) is 10.1 Å². The molecule has 0 aliphatic carbocycles. The monoisotopic (exact) mass is 364 g/mol. The molecule has 2 aromatic carbocycles. The molecular formula is C17H17ClN2O5. The molecule has 1 amide bonds. The zero-order valence-corrected chi connectivity index (χ0v) is 14.7. The lowest BCUT2D eigenvalue weighted by atomic mass is 10.1. The molecule has 0 spiro atoms. The van der Waals surface area contributed by atoms with E-state index >= 15 is 0 Å². The molecule has 0 fully saturated rings. The second-order valence-electron chi connectivity index (χ2n) is 5.66. The molecule has 2 rings (SSSR count). The summed E-state index contributed by atoms with van der Waals surface area (Å²) >= 11 is 5.82. The number of hydrogen-bond donors (Lipinski definition) is 1. The maximum Gasteiger partial charge on any atom is 0.296 e. The van der Waals surface area contributed by atoms with E-state index in [9.17, 15) is 14.9 Å². The Morgan fingerprint density at radius 3 is 2.32 bits per heavy atom. The highest BCUT2D eigenvalue weighted by Gasteiger charge is 2.31. The van der Waals surface area contributed by atoms with E-state index in [0.717, 1.165) is 0 Å². The van der Waals surface area contributed by atoms with Crippen molar-refractivity contribution in [2.45, 2.75) is 19.4 Å². The van der Waals surface area contributed by atoms with Gasteiger partial charge in [-0.2, -0.15) is 0 Å². The molecule has 1 N–H and O–H groups in total. The molecule has 0 aromatic heterocycles. The van der Waals surface area contributed by atoms with Gasteiger partial charge < -0.3 is 14.8 Å². The fraction of sp³-hybridized carbons (Fsp3) is 0.235. The van der Waals surface area contributed by atoms with Crippen LogP contribution in [0.2, 0.25) is 5.02 Å². The van der Waals surface area contributed by atoms with Gasteiger partial charge in [-0.25, -0.2) is 0 Å². The molecule has 0 saturated carbocycles. The van der Waals surface area contributed by atoms with Gasteiger partial charge in [-0.1, -0.05) is 11.6 Å². The molecule has 0 heterocycles. The minimum absolute atomic E-state index is 0.0589. The number of amides is 1. The summed E-state index contributed by atoms with van der Waals surface area (Å²) < 4.78 is 10.6. The van der Waals surface area contributed by atoms with Crippen molar-refractivity contribution in [1.29, 1.82) is 0 Å². The predicted molar refractivity (Wildman–Crippen MR) is 94.4 cm³/mol. The van der Waals surface area contributed by atoms with E-state index in [2.05, 4.69) is 5.32 Å². The number of hydrogen-bond acceptors (Lipinski definition) is 5. The van der Waals surface area contributed by atoms with Crippen molar-refractivity contribution in [1.82, 2.24) is 0 Å². The van der Waals surface area contributed by atoms with Crippen LogP contribution < -0.4 is 14.8 Å². The Hall–Kier alpha value is -2.80. The van der Waals surface area contributed by atoms with Gasteiger partial charge in [0, 0.05) is 5.02 Å². The van der Waals surface area contributed by atoms with Crippen LogP contribution in [-0.2, 0) is 4.79 Å². The highest BCUT2D eigenvalue weighted by atomic mass is 35.5. The first kappa shape index (κ1) is 18.5. The Morgan fingerprint density at radius 1 is 1.16 bits per heavy atom. The molecule has 0 aliphatic rings. The van der Waals surface area contributed by atoms with E-state index in [1.807, 2.05) is 0 Å². The summed E-state index contributed by atoms with van der Waals surface area (Å²) in [7, 11) is 1.40. The molecule has 0 unspecified atom stereocenters. The normalized spacial score (nSPS) is 10.9.